The lowest BCUT2D eigenvalue weighted by molar-refractivity contribution is 0.342. The van der Waals surface area contributed by atoms with Crippen LogP contribution in [-0.2, 0) is 13.0 Å². The third-order valence-corrected chi connectivity index (χ3v) is 6.42. The van der Waals surface area contributed by atoms with Crippen LogP contribution in [-0.4, -0.2) is 17.8 Å². The minimum absolute atomic E-state index is 0.0545. The average Bonchev–Trinajstić information content (AvgIpc) is 3.09. The molecule has 0 spiro atoms. The number of rotatable bonds is 7. The van der Waals surface area contributed by atoms with Crippen LogP contribution in [0.15, 0.2) is 27.0 Å². The van der Waals surface area contributed by atoms with Gasteiger partial charge >= 0.3 is 0 Å². The number of nitrogens with zero attached hydrogens (tertiary/aromatic N) is 1. The molecule has 0 aliphatic carbocycles. The Bertz CT molecular complexity index is 709. The predicted octanol–water partition coefficient (Wildman–Crippen LogP) is 5.38. The van der Waals surface area contributed by atoms with Crippen LogP contribution in [0.4, 0.5) is 14.5 Å². The van der Waals surface area contributed by atoms with Gasteiger partial charge in [-0.25, -0.2) is 4.39 Å². The van der Waals surface area contributed by atoms with E-state index in [1.165, 1.54) is 29.6 Å². The second-order valence-corrected chi connectivity index (χ2v) is 7.89. The van der Waals surface area contributed by atoms with Crippen molar-refractivity contribution in [2.24, 2.45) is 4.99 Å². The van der Waals surface area contributed by atoms with Gasteiger partial charge in [0.25, 0.3) is 0 Å². The minimum Gasteiger partial charge on any atom is -0.397 e. The monoisotopic (exact) mass is 419 g/mol. The molecule has 23 heavy (non-hydrogen) atoms. The summed E-state index contributed by atoms with van der Waals surface area (Å²) in [5.41, 5.74) is 6.32. The van der Waals surface area contributed by atoms with Crippen molar-refractivity contribution >= 4 is 56.0 Å². The molecule has 8 heteroatoms. The van der Waals surface area contributed by atoms with Crippen molar-refractivity contribution < 1.29 is 8.78 Å². The number of nitrogens with one attached hydrogen (secondary N) is 1. The highest BCUT2D eigenvalue weighted by Crippen LogP contribution is 2.37. The Labute approximate surface area is 149 Å². The van der Waals surface area contributed by atoms with Gasteiger partial charge in [-0.1, -0.05) is 6.07 Å². The molecule has 0 radical (unpaired) electrons. The standard InChI is InChI=1S/C15H16BrF2N3S2/c1-8(17)4-5-10-11(16)12(19)14(23-10)13(15(18)20)21-7-9-3-2-6-22-9/h2-3,6,8,20H,4-5,7,19H2,1H3. The number of nitrogen functional groups attached to an aromatic ring is 1. The van der Waals surface area contributed by atoms with Gasteiger partial charge < -0.3 is 5.73 Å². The van der Waals surface area contributed by atoms with Crippen LogP contribution in [0.3, 0.4) is 0 Å². The van der Waals surface area contributed by atoms with Gasteiger partial charge in [-0.05, 0) is 47.1 Å². The van der Waals surface area contributed by atoms with E-state index in [4.69, 9.17) is 11.1 Å². The van der Waals surface area contributed by atoms with E-state index in [9.17, 15) is 8.78 Å². The van der Waals surface area contributed by atoms with Crippen LogP contribution < -0.4 is 5.73 Å². The summed E-state index contributed by atoms with van der Waals surface area (Å²) in [6, 6.07) is 3.79. The fraction of sp³-hybridized carbons (Fsp3) is 0.333. The highest BCUT2D eigenvalue weighted by atomic mass is 79.9. The second-order valence-electron chi connectivity index (χ2n) is 4.96. The zero-order chi connectivity index (χ0) is 17.0. The van der Waals surface area contributed by atoms with E-state index >= 15 is 0 Å². The molecule has 1 unspecified atom stereocenters. The zero-order valence-corrected chi connectivity index (χ0v) is 15.6. The number of hydrogen-bond acceptors (Lipinski definition) is 5. The van der Waals surface area contributed by atoms with Gasteiger partial charge in [0.2, 0.25) is 5.97 Å². The van der Waals surface area contributed by atoms with Crippen molar-refractivity contribution in [2.75, 3.05) is 5.73 Å². The smallest absolute Gasteiger partial charge is 0.232 e. The lowest BCUT2D eigenvalue weighted by Crippen LogP contribution is -2.10. The lowest BCUT2D eigenvalue weighted by Gasteiger charge is -2.01. The van der Waals surface area contributed by atoms with Crippen molar-refractivity contribution in [3.63, 3.8) is 0 Å². The highest BCUT2D eigenvalue weighted by Gasteiger charge is 2.21. The summed E-state index contributed by atoms with van der Waals surface area (Å²) in [5.74, 6) is -1.12. The molecule has 124 valence electrons. The fourth-order valence-electron chi connectivity index (χ4n) is 1.94. The Morgan fingerprint density at radius 2 is 2.26 bits per heavy atom. The normalized spacial score (nSPS) is 13.3. The molecule has 0 amide bonds. The molecule has 0 bridgehead atoms. The summed E-state index contributed by atoms with van der Waals surface area (Å²) in [7, 11) is 0. The van der Waals surface area contributed by atoms with Gasteiger partial charge in [0.05, 0.1) is 27.8 Å². The summed E-state index contributed by atoms with van der Waals surface area (Å²) >= 11 is 6.15. The SMILES string of the molecule is CC(F)CCc1sc(C(=NCc2cccs2)C(=N)F)c(N)c1Br. The molecular formula is C15H16BrF2N3S2. The van der Waals surface area contributed by atoms with Crippen LogP contribution in [0, 0.1) is 5.41 Å². The third-order valence-electron chi connectivity index (χ3n) is 3.12. The number of thiophene rings is 2. The Morgan fingerprint density at radius 1 is 1.52 bits per heavy atom. The zero-order valence-electron chi connectivity index (χ0n) is 12.4. The van der Waals surface area contributed by atoms with E-state index < -0.39 is 12.1 Å². The van der Waals surface area contributed by atoms with E-state index in [-0.39, 0.29) is 5.71 Å². The van der Waals surface area contributed by atoms with Crippen molar-refractivity contribution in [1.29, 1.82) is 5.41 Å². The fourth-order valence-corrected chi connectivity index (χ4v) is 4.47. The second kappa shape index (κ2) is 8.12. The first-order valence-corrected chi connectivity index (χ1v) is 9.41. The summed E-state index contributed by atoms with van der Waals surface area (Å²) < 4.78 is 27.3. The molecule has 2 aromatic heterocycles. The number of alkyl halides is 1. The Kier molecular flexibility index (Phi) is 6.43. The van der Waals surface area contributed by atoms with E-state index in [1.807, 2.05) is 17.5 Å². The van der Waals surface area contributed by atoms with E-state index in [1.54, 1.807) is 0 Å². The maximum atomic E-state index is 13.6. The molecule has 3 N–H and O–H groups in total. The lowest BCUT2D eigenvalue weighted by atomic mass is 10.2. The number of aryl methyl sites for hydroxylation is 1. The molecule has 0 aliphatic rings. The molecule has 2 rings (SSSR count). The van der Waals surface area contributed by atoms with Gasteiger partial charge in [0.1, 0.15) is 5.71 Å². The summed E-state index contributed by atoms with van der Waals surface area (Å²) in [5, 5.41) is 9.26. The number of hydrogen-bond donors (Lipinski definition) is 2. The number of nitrogens with two attached hydrogens (primary N) is 1. The maximum Gasteiger partial charge on any atom is 0.232 e. The number of aliphatic imine (C=N–C) groups is 1. The molecule has 3 nitrogen and oxygen atoms in total. The van der Waals surface area contributed by atoms with Gasteiger partial charge in [-0.3, -0.25) is 10.4 Å². The quantitative estimate of drug-likeness (QED) is 0.581. The summed E-state index contributed by atoms with van der Waals surface area (Å²) in [4.78, 5) is 6.44. The Morgan fingerprint density at radius 3 is 2.83 bits per heavy atom. The molecule has 2 heterocycles. The first-order chi connectivity index (χ1) is 10.9. The Balaban J connectivity index is 2.30. The molecular weight excluding hydrogens is 404 g/mol. The van der Waals surface area contributed by atoms with Crippen molar-refractivity contribution in [1.82, 2.24) is 0 Å². The van der Waals surface area contributed by atoms with Crippen molar-refractivity contribution in [3.05, 3.63) is 36.6 Å². The predicted molar refractivity (Wildman–Crippen MR) is 98.7 cm³/mol. The van der Waals surface area contributed by atoms with E-state index in [0.717, 1.165) is 9.75 Å². The number of anilines is 1. The molecule has 0 aromatic carbocycles. The van der Waals surface area contributed by atoms with Gasteiger partial charge in [0, 0.05) is 9.75 Å². The molecule has 0 aliphatic heterocycles. The van der Waals surface area contributed by atoms with Crippen molar-refractivity contribution in [2.45, 2.75) is 32.5 Å². The molecule has 0 saturated carbocycles. The number of halogens is 3. The van der Waals surface area contributed by atoms with E-state index in [0.29, 0.717) is 34.4 Å². The largest absolute Gasteiger partial charge is 0.397 e. The molecule has 0 fully saturated rings. The van der Waals surface area contributed by atoms with E-state index in [2.05, 4.69) is 20.9 Å². The first kappa shape index (κ1) is 18.2. The first-order valence-electron chi connectivity index (χ1n) is 6.92. The third kappa shape index (κ3) is 4.68. The van der Waals surface area contributed by atoms with Gasteiger partial charge in [0.15, 0.2) is 0 Å². The minimum atomic E-state index is -1.12. The summed E-state index contributed by atoms with van der Waals surface area (Å²) in [6.45, 7) is 1.79. The van der Waals surface area contributed by atoms with Crippen LogP contribution >= 0.6 is 38.6 Å². The molecule has 2 aromatic rings. The van der Waals surface area contributed by atoms with Crippen LogP contribution in [0.1, 0.15) is 28.0 Å². The summed E-state index contributed by atoms with van der Waals surface area (Å²) in [6.07, 6.45) is -0.0439. The van der Waals surface area contributed by atoms with Crippen LogP contribution in [0.25, 0.3) is 0 Å². The maximum absolute atomic E-state index is 13.6. The van der Waals surface area contributed by atoms with Crippen LogP contribution in [0.2, 0.25) is 0 Å². The topological polar surface area (TPSA) is 62.2 Å². The van der Waals surface area contributed by atoms with Crippen molar-refractivity contribution in [3.8, 4) is 0 Å². The van der Waals surface area contributed by atoms with Gasteiger partial charge in [-0.15, -0.1) is 22.7 Å². The van der Waals surface area contributed by atoms with Crippen LogP contribution in [0.5, 0.6) is 0 Å². The Hall–Kier alpha value is -1.12. The average molecular weight is 420 g/mol. The molecule has 1 atom stereocenters. The highest BCUT2D eigenvalue weighted by molar-refractivity contribution is 9.10. The van der Waals surface area contributed by atoms with Gasteiger partial charge in [-0.2, -0.15) is 4.39 Å². The molecule has 0 saturated heterocycles.